The Labute approximate surface area is 82.9 Å². The highest BCUT2D eigenvalue weighted by Gasteiger charge is 2.40. The average molecular weight is 205 g/mol. The van der Waals surface area contributed by atoms with E-state index < -0.39 is 5.92 Å². The number of hydrogen-bond donors (Lipinski definition) is 1. The van der Waals surface area contributed by atoms with Gasteiger partial charge in [0.1, 0.15) is 0 Å². The second-order valence-corrected chi connectivity index (χ2v) is 4.67. The summed E-state index contributed by atoms with van der Waals surface area (Å²) in [5.41, 5.74) is 0. The highest BCUT2D eigenvalue weighted by Crippen LogP contribution is 2.39. The van der Waals surface area contributed by atoms with Gasteiger partial charge in [0.25, 0.3) is 0 Å². The van der Waals surface area contributed by atoms with Gasteiger partial charge in [-0.2, -0.15) is 0 Å². The van der Waals surface area contributed by atoms with Crippen LogP contribution >= 0.6 is 0 Å². The first-order chi connectivity index (χ1) is 6.55. The summed E-state index contributed by atoms with van der Waals surface area (Å²) < 4.78 is 25.8. The van der Waals surface area contributed by atoms with Gasteiger partial charge in [0.15, 0.2) is 0 Å². The van der Waals surface area contributed by atoms with Crippen LogP contribution in [0.2, 0.25) is 0 Å². The van der Waals surface area contributed by atoms with Gasteiger partial charge in [-0.3, -0.25) is 0 Å². The van der Waals surface area contributed by atoms with Gasteiger partial charge in [-0.1, -0.05) is 0 Å². The largest absolute Gasteiger partial charge is 0.392 e. The average Bonchev–Trinajstić information content (AvgIpc) is 2.59. The van der Waals surface area contributed by atoms with Gasteiger partial charge in [-0.25, -0.2) is 8.78 Å². The van der Waals surface area contributed by atoms with Crippen LogP contribution in [0.4, 0.5) is 8.78 Å². The Bertz CT molecular complexity index is 210. The quantitative estimate of drug-likeness (QED) is 0.738. The van der Waals surface area contributed by atoms with Gasteiger partial charge in [0.2, 0.25) is 5.92 Å². The molecule has 2 nitrogen and oxygen atoms in total. The van der Waals surface area contributed by atoms with Crippen molar-refractivity contribution in [1.82, 2.24) is 4.90 Å². The van der Waals surface area contributed by atoms with Crippen molar-refractivity contribution in [3.05, 3.63) is 0 Å². The van der Waals surface area contributed by atoms with Crippen molar-refractivity contribution in [1.29, 1.82) is 0 Å². The maximum atomic E-state index is 12.9. The van der Waals surface area contributed by atoms with Crippen molar-refractivity contribution in [3.63, 3.8) is 0 Å². The van der Waals surface area contributed by atoms with Crippen LogP contribution in [0.3, 0.4) is 0 Å². The highest BCUT2D eigenvalue weighted by molar-refractivity contribution is 4.85. The summed E-state index contributed by atoms with van der Waals surface area (Å²) in [4.78, 5) is 2.11. The number of likely N-dealkylation sites (tertiary alicyclic amines) is 1. The molecule has 2 rings (SSSR count). The van der Waals surface area contributed by atoms with Crippen LogP contribution in [0.5, 0.6) is 0 Å². The Morgan fingerprint density at radius 3 is 2.64 bits per heavy atom. The van der Waals surface area contributed by atoms with E-state index in [1.165, 1.54) is 0 Å². The second kappa shape index (κ2) is 3.74. The van der Waals surface area contributed by atoms with E-state index in [0.717, 1.165) is 19.5 Å². The van der Waals surface area contributed by atoms with Gasteiger partial charge in [0.05, 0.1) is 6.10 Å². The van der Waals surface area contributed by atoms with E-state index in [1.807, 2.05) is 0 Å². The molecule has 0 aromatic heterocycles. The lowest BCUT2D eigenvalue weighted by molar-refractivity contribution is 0.00365. The summed E-state index contributed by atoms with van der Waals surface area (Å²) >= 11 is 0. The molecule has 14 heavy (non-hydrogen) atoms. The minimum atomic E-state index is -2.43. The normalized spacial score (nSPS) is 37.9. The lowest BCUT2D eigenvalue weighted by atomic mass is 10.1. The molecule has 2 fully saturated rings. The number of β-amino-alcohol motifs (C(OH)–C–C–N with tert-alkyl or cyclic N) is 1. The van der Waals surface area contributed by atoms with E-state index in [0.29, 0.717) is 13.0 Å². The fraction of sp³-hybridized carbons (Fsp3) is 1.00. The number of hydrogen-bond acceptors (Lipinski definition) is 2. The zero-order valence-corrected chi connectivity index (χ0v) is 8.25. The molecular weight excluding hydrogens is 188 g/mol. The van der Waals surface area contributed by atoms with Gasteiger partial charge < -0.3 is 10.0 Å². The molecule has 1 N–H and O–H groups in total. The fourth-order valence-corrected chi connectivity index (χ4v) is 2.54. The Hall–Kier alpha value is -0.220. The van der Waals surface area contributed by atoms with Crippen LogP contribution in [0.15, 0.2) is 0 Å². The topological polar surface area (TPSA) is 23.5 Å². The van der Waals surface area contributed by atoms with Crippen molar-refractivity contribution in [2.75, 3.05) is 19.6 Å². The molecule has 1 aliphatic carbocycles. The number of halogens is 2. The Morgan fingerprint density at radius 1 is 1.36 bits per heavy atom. The third-order valence-corrected chi connectivity index (χ3v) is 3.27. The lowest BCUT2D eigenvalue weighted by Gasteiger charge is -2.19. The van der Waals surface area contributed by atoms with Crippen molar-refractivity contribution >= 4 is 0 Å². The molecule has 1 saturated carbocycles. The molecular formula is C10H17F2NO. The summed E-state index contributed by atoms with van der Waals surface area (Å²) in [6.07, 6.45) is 1.29. The molecule has 0 aromatic rings. The number of alkyl halides is 2. The number of nitrogens with zero attached hydrogens (tertiary/aromatic N) is 1. The van der Waals surface area contributed by atoms with E-state index in [1.54, 1.807) is 0 Å². The Balaban J connectivity index is 1.76. The minimum absolute atomic E-state index is 0.0413. The molecule has 0 aromatic carbocycles. The molecule has 0 amide bonds. The predicted octanol–water partition coefficient (Wildman–Crippen LogP) is 1.49. The van der Waals surface area contributed by atoms with E-state index in [9.17, 15) is 13.9 Å². The molecule has 2 atom stereocenters. The molecule has 0 spiro atoms. The smallest absolute Gasteiger partial charge is 0.248 e. The molecule has 0 bridgehead atoms. The van der Waals surface area contributed by atoms with E-state index in [2.05, 4.69) is 4.90 Å². The molecule has 1 aliphatic heterocycles. The van der Waals surface area contributed by atoms with Gasteiger partial charge >= 0.3 is 0 Å². The van der Waals surface area contributed by atoms with Crippen LogP contribution in [0.1, 0.15) is 25.7 Å². The Kier molecular flexibility index (Phi) is 2.75. The zero-order chi connectivity index (χ0) is 10.2. The van der Waals surface area contributed by atoms with E-state index in [4.69, 9.17) is 0 Å². The summed E-state index contributed by atoms with van der Waals surface area (Å²) in [6, 6.07) is 0. The molecule has 1 saturated heterocycles. The van der Waals surface area contributed by atoms with Crippen molar-refractivity contribution in [3.8, 4) is 0 Å². The number of aliphatic hydroxyl groups excluding tert-OH is 1. The maximum absolute atomic E-state index is 12.9. The first-order valence-electron chi connectivity index (χ1n) is 5.33. The third-order valence-electron chi connectivity index (χ3n) is 3.27. The minimum Gasteiger partial charge on any atom is -0.392 e. The van der Waals surface area contributed by atoms with Gasteiger partial charge in [0, 0.05) is 32.5 Å². The molecule has 4 heteroatoms. The first kappa shape index (κ1) is 10.3. The molecule has 82 valence electrons. The summed E-state index contributed by atoms with van der Waals surface area (Å²) in [6.45, 7) is 2.28. The molecule has 1 heterocycles. The van der Waals surface area contributed by atoms with E-state index in [-0.39, 0.29) is 24.9 Å². The monoisotopic (exact) mass is 205 g/mol. The molecule has 0 radical (unpaired) electrons. The van der Waals surface area contributed by atoms with Crippen molar-refractivity contribution < 1.29 is 13.9 Å². The van der Waals surface area contributed by atoms with Crippen LogP contribution in [0.25, 0.3) is 0 Å². The van der Waals surface area contributed by atoms with Crippen LogP contribution in [0, 0.1) is 5.92 Å². The summed E-state index contributed by atoms with van der Waals surface area (Å²) in [7, 11) is 0. The van der Waals surface area contributed by atoms with Crippen LogP contribution in [-0.4, -0.2) is 41.7 Å². The molecule has 2 aliphatic rings. The van der Waals surface area contributed by atoms with Crippen LogP contribution in [-0.2, 0) is 0 Å². The third kappa shape index (κ3) is 2.42. The van der Waals surface area contributed by atoms with Gasteiger partial charge in [-0.05, 0) is 18.8 Å². The van der Waals surface area contributed by atoms with E-state index >= 15 is 0 Å². The zero-order valence-electron chi connectivity index (χ0n) is 8.25. The lowest BCUT2D eigenvalue weighted by Crippen LogP contribution is -2.28. The maximum Gasteiger partial charge on any atom is 0.248 e. The number of rotatable bonds is 2. The standard InChI is InChI=1S/C10H17F2NO/c11-10(12)3-1-8(5-10)6-13-4-2-9(14)7-13/h8-9,14H,1-7H2/t8?,9-/m0/s1. The summed E-state index contributed by atoms with van der Waals surface area (Å²) in [5.74, 6) is -2.29. The summed E-state index contributed by atoms with van der Waals surface area (Å²) in [5, 5.41) is 9.29. The Morgan fingerprint density at radius 2 is 2.14 bits per heavy atom. The van der Waals surface area contributed by atoms with Crippen molar-refractivity contribution in [2.24, 2.45) is 5.92 Å². The SMILES string of the molecule is O[C@H]1CCN(CC2CCC(F)(F)C2)C1. The highest BCUT2D eigenvalue weighted by atomic mass is 19.3. The van der Waals surface area contributed by atoms with Crippen LogP contribution < -0.4 is 0 Å². The second-order valence-electron chi connectivity index (χ2n) is 4.67. The first-order valence-corrected chi connectivity index (χ1v) is 5.33. The van der Waals surface area contributed by atoms with Gasteiger partial charge in [-0.15, -0.1) is 0 Å². The predicted molar refractivity (Wildman–Crippen MR) is 49.4 cm³/mol. The fourth-order valence-electron chi connectivity index (χ4n) is 2.54. The van der Waals surface area contributed by atoms with Crippen molar-refractivity contribution in [2.45, 2.75) is 37.7 Å². The number of aliphatic hydroxyl groups is 1. The molecule has 1 unspecified atom stereocenters.